The van der Waals surface area contributed by atoms with Crippen molar-refractivity contribution in [1.29, 1.82) is 0 Å². The fourth-order valence-corrected chi connectivity index (χ4v) is 3.63. The van der Waals surface area contributed by atoms with E-state index in [4.69, 9.17) is 10.5 Å². The van der Waals surface area contributed by atoms with Crippen LogP contribution in [0.3, 0.4) is 0 Å². The summed E-state index contributed by atoms with van der Waals surface area (Å²) in [6.07, 6.45) is 3.00. The summed E-state index contributed by atoms with van der Waals surface area (Å²) in [7, 11) is -1.79. The van der Waals surface area contributed by atoms with Crippen molar-refractivity contribution in [2.75, 3.05) is 46.4 Å². The third-order valence-corrected chi connectivity index (χ3v) is 4.93. The molecule has 0 aliphatic carbocycles. The van der Waals surface area contributed by atoms with Gasteiger partial charge in [0.15, 0.2) is 0 Å². The van der Waals surface area contributed by atoms with E-state index in [1.54, 1.807) is 11.4 Å². The molecular formula is C10H23N3O3S. The van der Waals surface area contributed by atoms with Crippen molar-refractivity contribution < 1.29 is 13.2 Å². The van der Waals surface area contributed by atoms with Crippen molar-refractivity contribution in [3.05, 3.63) is 0 Å². The fraction of sp³-hybridized carbons (Fsp3) is 1.00. The van der Waals surface area contributed by atoms with Crippen LogP contribution in [0.2, 0.25) is 0 Å². The predicted octanol–water partition coefficient (Wildman–Crippen LogP) is -0.376. The zero-order valence-corrected chi connectivity index (χ0v) is 11.3. The average molecular weight is 265 g/mol. The van der Waals surface area contributed by atoms with Crippen molar-refractivity contribution in [3.63, 3.8) is 0 Å². The van der Waals surface area contributed by atoms with Gasteiger partial charge in [0, 0.05) is 39.8 Å². The Morgan fingerprint density at radius 1 is 1.24 bits per heavy atom. The van der Waals surface area contributed by atoms with Gasteiger partial charge in [-0.05, 0) is 12.8 Å². The number of piperidine rings is 1. The van der Waals surface area contributed by atoms with Gasteiger partial charge in [0.05, 0.1) is 6.61 Å². The van der Waals surface area contributed by atoms with Crippen LogP contribution < -0.4 is 5.73 Å². The molecule has 0 aromatic rings. The van der Waals surface area contributed by atoms with E-state index in [9.17, 15) is 8.42 Å². The fourth-order valence-electron chi connectivity index (χ4n) is 1.94. The molecule has 1 aliphatic heterocycles. The second-order valence-corrected chi connectivity index (χ2v) is 6.08. The van der Waals surface area contributed by atoms with Gasteiger partial charge >= 0.3 is 0 Å². The Kier molecular flexibility index (Phi) is 6.35. The lowest BCUT2D eigenvalue weighted by molar-refractivity contribution is 0.175. The maximum absolute atomic E-state index is 12.3. The molecule has 0 bridgehead atoms. The summed E-state index contributed by atoms with van der Waals surface area (Å²) in [5, 5.41) is 0. The zero-order chi connectivity index (χ0) is 12.7. The summed E-state index contributed by atoms with van der Waals surface area (Å²) in [5.74, 6) is 0. The number of ether oxygens (including phenoxy) is 1. The molecule has 102 valence electrons. The summed E-state index contributed by atoms with van der Waals surface area (Å²) in [4.78, 5) is 0. The number of nitrogens with two attached hydrogens (primary N) is 1. The average Bonchev–Trinajstić information content (AvgIpc) is 2.35. The van der Waals surface area contributed by atoms with Gasteiger partial charge in [0.25, 0.3) is 10.2 Å². The zero-order valence-electron chi connectivity index (χ0n) is 10.5. The Morgan fingerprint density at radius 3 is 2.41 bits per heavy atom. The summed E-state index contributed by atoms with van der Waals surface area (Å²) in [5.41, 5.74) is 5.46. The highest BCUT2D eigenvalue weighted by atomic mass is 32.2. The molecule has 0 radical (unpaired) electrons. The first-order valence-electron chi connectivity index (χ1n) is 6.07. The van der Waals surface area contributed by atoms with Crippen LogP contribution in [0.1, 0.15) is 19.3 Å². The van der Waals surface area contributed by atoms with E-state index in [0.29, 0.717) is 39.3 Å². The van der Waals surface area contributed by atoms with Crippen molar-refractivity contribution in [2.24, 2.45) is 5.73 Å². The molecule has 17 heavy (non-hydrogen) atoms. The Labute approximate surface area is 104 Å². The molecule has 0 atom stereocenters. The predicted molar refractivity (Wildman–Crippen MR) is 66.8 cm³/mol. The van der Waals surface area contributed by atoms with E-state index in [-0.39, 0.29) is 0 Å². The molecule has 1 rings (SSSR count). The van der Waals surface area contributed by atoms with Crippen LogP contribution in [0.4, 0.5) is 0 Å². The van der Waals surface area contributed by atoms with Gasteiger partial charge in [-0.3, -0.25) is 0 Å². The van der Waals surface area contributed by atoms with Crippen molar-refractivity contribution in [1.82, 2.24) is 8.61 Å². The largest absolute Gasteiger partial charge is 0.383 e. The maximum atomic E-state index is 12.3. The van der Waals surface area contributed by atoms with Crippen LogP contribution in [-0.4, -0.2) is 63.5 Å². The summed E-state index contributed by atoms with van der Waals surface area (Å²) < 4.78 is 32.6. The van der Waals surface area contributed by atoms with Gasteiger partial charge in [-0.2, -0.15) is 17.0 Å². The molecule has 7 heteroatoms. The van der Waals surface area contributed by atoms with E-state index in [1.807, 2.05) is 0 Å². The highest BCUT2D eigenvalue weighted by Crippen LogP contribution is 2.15. The quantitative estimate of drug-likeness (QED) is 0.681. The van der Waals surface area contributed by atoms with Gasteiger partial charge in [-0.25, -0.2) is 0 Å². The Balaban J connectivity index is 2.67. The van der Waals surface area contributed by atoms with E-state index in [2.05, 4.69) is 0 Å². The minimum absolute atomic E-state index is 0.330. The van der Waals surface area contributed by atoms with Crippen LogP contribution in [0, 0.1) is 0 Å². The third-order valence-electron chi connectivity index (χ3n) is 2.89. The highest BCUT2D eigenvalue weighted by molar-refractivity contribution is 7.86. The van der Waals surface area contributed by atoms with Gasteiger partial charge in [0.1, 0.15) is 0 Å². The van der Waals surface area contributed by atoms with Crippen molar-refractivity contribution in [3.8, 4) is 0 Å². The minimum atomic E-state index is -3.35. The molecule has 1 fully saturated rings. The monoisotopic (exact) mass is 265 g/mol. The van der Waals surface area contributed by atoms with Crippen molar-refractivity contribution >= 4 is 10.2 Å². The van der Waals surface area contributed by atoms with E-state index >= 15 is 0 Å². The molecule has 1 aliphatic rings. The maximum Gasteiger partial charge on any atom is 0.282 e. The molecule has 0 spiro atoms. The van der Waals surface area contributed by atoms with E-state index in [0.717, 1.165) is 19.3 Å². The Bertz CT molecular complexity index is 302. The molecule has 0 saturated carbocycles. The SMILES string of the molecule is COCCN(CCN)S(=O)(=O)N1CCCCC1. The molecule has 0 amide bonds. The van der Waals surface area contributed by atoms with Crippen molar-refractivity contribution in [2.45, 2.75) is 19.3 Å². The summed E-state index contributed by atoms with van der Waals surface area (Å²) in [6.45, 7) is 2.69. The molecule has 6 nitrogen and oxygen atoms in total. The number of methoxy groups -OCH3 is 1. The van der Waals surface area contributed by atoms with Gasteiger partial charge < -0.3 is 10.5 Å². The molecule has 2 N–H and O–H groups in total. The lowest BCUT2D eigenvalue weighted by Crippen LogP contribution is -2.48. The first kappa shape index (κ1) is 14.8. The topological polar surface area (TPSA) is 75.9 Å². The van der Waals surface area contributed by atoms with Crippen LogP contribution in [0.5, 0.6) is 0 Å². The van der Waals surface area contributed by atoms with Gasteiger partial charge in [-0.15, -0.1) is 0 Å². The Hall–Kier alpha value is -0.210. The minimum Gasteiger partial charge on any atom is -0.383 e. The molecule has 1 saturated heterocycles. The first-order chi connectivity index (χ1) is 8.12. The second-order valence-electron chi connectivity index (χ2n) is 4.15. The standard InChI is InChI=1S/C10H23N3O3S/c1-16-10-9-13(8-5-11)17(14,15)12-6-3-2-4-7-12/h2-11H2,1H3. The molecular weight excluding hydrogens is 242 g/mol. The van der Waals surface area contributed by atoms with E-state index in [1.165, 1.54) is 4.31 Å². The lowest BCUT2D eigenvalue weighted by Gasteiger charge is -2.31. The molecule has 0 aromatic heterocycles. The van der Waals surface area contributed by atoms with E-state index < -0.39 is 10.2 Å². The normalized spacial score (nSPS) is 18.8. The summed E-state index contributed by atoms with van der Waals surface area (Å²) >= 11 is 0. The number of nitrogens with zero attached hydrogens (tertiary/aromatic N) is 2. The molecule has 1 heterocycles. The van der Waals surface area contributed by atoms with Crippen LogP contribution in [-0.2, 0) is 14.9 Å². The second kappa shape index (κ2) is 7.27. The number of hydrogen-bond acceptors (Lipinski definition) is 4. The van der Waals surface area contributed by atoms with Gasteiger partial charge in [0.2, 0.25) is 0 Å². The number of hydrogen-bond donors (Lipinski definition) is 1. The highest BCUT2D eigenvalue weighted by Gasteiger charge is 2.29. The van der Waals surface area contributed by atoms with Gasteiger partial charge in [-0.1, -0.05) is 6.42 Å². The van der Waals surface area contributed by atoms with Crippen LogP contribution in [0.25, 0.3) is 0 Å². The van der Waals surface area contributed by atoms with Crippen LogP contribution >= 0.6 is 0 Å². The summed E-state index contributed by atoms with van der Waals surface area (Å²) in [6, 6.07) is 0. The number of rotatable bonds is 7. The Morgan fingerprint density at radius 2 is 1.88 bits per heavy atom. The lowest BCUT2D eigenvalue weighted by atomic mass is 10.2. The smallest absolute Gasteiger partial charge is 0.282 e. The molecule has 0 unspecified atom stereocenters. The molecule has 0 aromatic carbocycles. The third kappa shape index (κ3) is 4.18. The van der Waals surface area contributed by atoms with Crippen LogP contribution in [0.15, 0.2) is 0 Å². The first-order valence-corrected chi connectivity index (χ1v) is 7.47.